The van der Waals surface area contributed by atoms with E-state index in [0.29, 0.717) is 32.8 Å². The van der Waals surface area contributed by atoms with Gasteiger partial charge in [0, 0.05) is 29.6 Å². The first kappa shape index (κ1) is 17.7. The van der Waals surface area contributed by atoms with Crippen LogP contribution >= 0.6 is 23.4 Å². The first-order chi connectivity index (χ1) is 13.6. The van der Waals surface area contributed by atoms with Crippen molar-refractivity contribution in [3.63, 3.8) is 0 Å². The van der Waals surface area contributed by atoms with E-state index >= 15 is 0 Å². The van der Waals surface area contributed by atoms with Gasteiger partial charge in [-0.25, -0.2) is 4.98 Å². The number of anilines is 1. The summed E-state index contributed by atoms with van der Waals surface area (Å²) in [7, 11) is 0. The number of halogens is 1. The molecule has 0 bridgehead atoms. The van der Waals surface area contributed by atoms with Gasteiger partial charge in [-0.3, -0.25) is 4.79 Å². The van der Waals surface area contributed by atoms with Crippen molar-refractivity contribution in [3.8, 4) is 11.5 Å². The molecule has 1 aliphatic carbocycles. The molecule has 1 fully saturated rings. The van der Waals surface area contributed by atoms with Crippen molar-refractivity contribution < 1.29 is 18.7 Å². The fourth-order valence-electron chi connectivity index (χ4n) is 3.55. The number of carbonyl (C=O) groups is 1. The van der Waals surface area contributed by atoms with Gasteiger partial charge in [0.15, 0.2) is 17.1 Å². The second-order valence-electron chi connectivity index (χ2n) is 6.91. The summed E-state index contributed by atoms with van der Waals surface area (Å²) in [5.41, 5.74) is 1.99. The molecule has 2 aliphatic rings. The van der Waals surface area contributed by atoms with Crippen LogP contribution in [-0.4, -0.2) is 22.4 Å². The predicted octanol–water partition coefficient (Wildman–Crippen LogP) is 5.25. The number of oxazole rings is 1. The monoisotopic (exact) mass is 416 g/mol. The highest BCUT2D eigenvalue weighted by atomic mass is 35.5. The second-order valence-corrected chi connectivity index (χ2v) is 8.28. The number of benzene rings is 2. The summed E-state index contributed by atoms with van der Waals surface area (Å²) in [6.07, 6.45) is 4.01. The Morgan fingerprint density at radius 2 is 1.96 bits per heavy atom. The summed E-state index contributed by atoms with van der Waals surface area (Å²) in [4.78, 5) is 16.6. The maximum Gasteiger partial charge on any atom is 0.257 e. The van der Waals surface area contributed by atoms with Crippen molar-refractivity contribution in [3.05, 3.63) is 41.4 Å². The van der Waals surface area contributed by atoms with E-state index in [1.807, 2.05) is 18.2 Å². The maximum absolute atomic E-state index is 12.3. The van der Waals surface area contributed by atoms with Gasteiger partial charge in [0.05, 0.1) is 5.75 Å². The molecule has 0 radical (unpaired) electrons. The first-order valence-electron chi connectivity index (χ1n) is 9.09. The van der Waals surface area contributed by atoms with Gasteiger partial charge in [0.1, 0.15) is 5.52 Å². The number of thioether (sulfide) groups is 1. The minimum absolute atomic E-state index is 0.153. The molecule has 0 unspecified atom stereocenters. The second kappa shape index (κ2) is 6.90. The third kappa shape index (κ3) is 3.40. The Balaban J connectivity index is 1.21. The number of aromatic nitrogens is 1. The molecule has 2 aromatic carbocycles. The lowest BCUT2D eigenvalue weighted by molar-refractivity contribution is -0.113. The van der Waals surface area contributed by atoms with Gasteiger partial charge in [-0.2, -0.15) is 0 Å². The van der Waals surface area contributed by atoms with Gasteiger partial charge in [0.2, 0.25) is 5.91 Å². The van der Waals surface area contributed by atoms with Crippen molar-refractivity contribution in [1.29, 1.82) is 0 Å². The van der Waals surface area contributed by atoms with Gasteiger partial charge in [-0.1, -0.05) is 23.4 Å². The highest BCUT2D eigenvalue weighted by Crippen LogP contribution is 2.47. The quantitative estimate of drug-likeness (QED) is 0.585. The van der Waals surface area contributed by atoms with E-state index in [4.69, 9.17) is 25.5 Å². The highest BCUT2D eigenvalue weighted by molar-refractivity contribution is 7.99. The number of amides is 1. The lowest BCUT2D eigenvalue weighted by Gasteiger charge is -2.21. The summed E-state index contributed by atoms with van der Waals surface area (Å²) < 4.78 is 17.6. The number of ether oxygens (including phenoxy) is 2. The van der Waals surface area contributed by atoms with Gasteiger partial charge in [-0.15, -0.1) is 0 Å². The molecule has 0 atom stereocenters. The molecule has 1 spiro atoms. The van der Waals surface area contributed by atoms with Crippen LogP contribution in [0.4, 0.5) is 5.69 Å². The SMILES string of the molecule is O=C(CSc1nc2cc(Cl)ccc2o1)Nc1ccc2c(c1)OC1(CCCC1)O2. The smallest absolute Gasteiger partial charge is 0.257 e. The van der Waals surface area contributed by atoms with Crippen molar-refractivity contribution in [2.75, 3.05) is 11.1 Å². The molecule has 1 saturated carbocycles. The van der Waals surface area contributed by atoms with E-state index in [1.54, 1.807) is 18.2 Å². The standard InChI is InChI=1S/C20H17ClN2O4S/c21-12-3-5-15-14(9-12)23-19(25-15)28-11-18(24)22-13-4-6-16-17(10-13)27-20(26-16)7-1-2-8-20/h3-6,9-10H,1-2,7-8,11H2,(H,22,24). The Morgan fingerprint density at radius 3 is 2.82 bits per heavy atom. The molecule has 144 valence electrons. The van der Waals surface area contributed by atoms with Gasteiger partial charge < -0.3 is 19.2 Å². The molecule has 1 N–H and O–H groups in total. The number of nitrogens with one attached hydrogen (secondary N) is 1. The van der Waals surface area contributed by atoms with E-state index in [1.165, 1.54) is 11.8 Å². The molecule has 28 heavy (non-hydrogen) atoms. The maximum atomic E-state index is 12.3. The number of carbonyl (C=O) groups excluding carboxylic acids is 1. The van der Waals surface area contributed by atoms with Crippen LogP contribution in [0.3, 0.4) is 0 Å². The molecule has 1 amide bonds. The molecule has 6 nitrogen and oxygen atoms in total. The van der Waals surface area contributed by atoms with E-state index in [-0.39, 0.29) is 11.7 Å². The lowest BCUT2D eigenvalue weighted by atomic mass is 10.2. The molecule has 1 aliphatic heterocycles. The third-order valence-electron chi connectivity index (χ3n) is 4.84. The van der Waals surface area contributed by atoms with Crippen molar-refractivity contribution in [2.24, 2.45) is 0 Å². The van der Waals surface area contributed by atoms with Gasteiger partial charge in [-0.05, 0) is 43.2 Å². The van der Waals surface area contributed by atoms with Crippen LogP contribution in [-0.2, 0) is 4.79 Å². The average molecular weight is 417 g/mol. The number of rotatable bonds is 4. The Bertz CT molecular complexity index is 1060. The fraction of sp³-hybridized carbons (Fsp3) is 0.300. The molecule has 8 heteroatoms. The molecular formula is C20H17ClN2O4S. The minimum atomic E-state index is -0.503. The van der Waals surface area contributed by atoms with Crippen LogP contribution in [0.15, 0.2) is 46.0 Å². The Kier molecular flexibility index (Phi) is 4.36. The predicted molar refractivity (Wildman–Crippen MR) is 107 cm³/mol. The summed E-state index contributed by atoms with van der Waals surface area (Å²) in [6, 6.07) is 10.7. The van der Waals surface area contributed by atoms with E-state index in [9.17, 15) is 4.79 Å². The van der Waals surface area contributed by atoms with Crippen LogP contribution < -0.4 is 14.8 Å². The number of nitrogens with zero attached hydrogens (tertiary/aromatic N) is 1. The number of hydrogen-bond acceptors (Lipinski definition) is 6. The van der Waals surface area contributed by atoms with Crippen LogP contribution in [0.25, 0.3) is 11.1 Å². The molecular weight excluding hydrogens is 400 g/mol. The molecule has 5 rings (SSSR count). The van der Waals surface area contributed by atoms with Gasteiger partial charge in [0.25, 0.3) is 11.0 Å². The average Bonchev–Trinajstić information content (AvgIpc) is 3.37. The summed E-state index contributed by atoms with van der Waals surface area (Å²) in [5.74, 6) is 0.942. The normalized spacial score (nSPS) is 16.8. The summed E-state index contributed by atoms with van der Waals surface area (Å²) in [6.45, 7) is 0. The minimum Gasteiger partial charge on any atom is -0.448 e. The van der Waals surface area contributed by atoms with Crippen LogP contribution in [0.5, 0.6) is 11.5 Å². The van der Waals surface area contributed by atoms with Crippen molar-refractivity contribution in [2.45, 2.75) is 36.7 Å². The Labute approximate surface area is 170 Å². The van der Waals surface area contributed by atoms with Gasteiger partial charge >= 0.3 is 0 Å². The Hall–Kier alpha value is -2.38. The molecule has 3 aromatic rings. The van der Waals surface area contributed by atoms with Crippen LogP contribution in [0.1, 0.15) is 25.7 Å². The van der Waals surface area contributed by atoms with Crippen molar-refractivity contribution in [1.82, 2.24) is 4.98 Å². The van der Waals surface area contributed by atoms with E-state index in [2.05, 4.69) is 10.3 Å². The van der Waals surface area contributed by atoms with E-state index in [0.717, 1.165) is 31.4 Å². The first-order valence-corrected chi connectivity index (χ1v) is 10.5. The number of hydrogen-bond donors (Lipinski definition) is 1. The lowest BCUT2D eigenvalue weighted by Crippen LogP contribution is -2.34. The summed E-state index contributed by atoms with van der Waals surface area (Å²) >= 11 is 7.19. The number of fused-ring (bicyclic) bond motifs is 2. The largest absolute Gasteiger partial charge is 0.448 e. The summed E-state index contributed by atoms with van der Waals surface area (Å²) in [5, 5.41) is 3.90. The molecule has 1 aromatic heterocycles. The zero-order valence-corrected chi connectivity index (χ0v) is 16.4. The highest BCUT2D eigenvalue weighted by Gasteiger charge is 2.44. The zero-order valence-electron chi connectivity index (χ0n) is 14.9. The topological polar surface area (TPSA) is 73.6 Å². The molecule has 0 saturated heterocycles. The van der Waals surface area contributed by atoms with Crippen LogP contribution in [0, 0.1) is 0 Å². The molecule has 2 heterocycles. The van der Waals surface area contributed by atoms with E-state index < -0.39 is 5.79 Å². The van der Waals surface area contributed by atoms with Crippen LogP contribution in [0.2, 0.25) is 5.02 Å². The Morgan fingerprint density at radius 1 is 1.14 bits per heavy atom. The third-order valence-corrected chi connectivity index (χ3v) is 5.90. The van der Waals surface area contributed by atoms with Crippen molar-refractivity contribution >= 4 is 46.1 Å². The fourth-order valence-corrected chi connectivity index (χ4v) is 4.36. The zero-order chi connectivity index (χ0) is 19.1.